The predicted molar refractivity (Wildman–Crippen MR) is 61.6 cm³/mol. The number of halogens is 1. The maximum Gasteiger partial charge on any atom is 0.198 e. The van der Waals surface area contributed by atoms with E-state index in [-0.39, 0.29) is 5.82 Å². The lowest BCUT2D eigenvalue weighted by molar-refractivity contribution is 0.631. The van der Waals surface area contributed by atoms with Crippen LogP contribution < -0.4 is 0 Å². The van der Waals surface area contributed by atoms with Gasteiger partial charge in [-0.3, -0.25) is 0 Å². The van der Waals surface area contributed by atoms with Crippen LogP contribution in [0, 0.1) is 11.9 Å². The zero-order chi connectivity index (χ0) is 12.4. The van der Waals surface area contributed by atoms with Gasteiger partial charge in [-0.05, 0) is 40.8 Å². The van der Waals surface area contributed by atoms with Gasteiger partial charge in [-0.25, -0.2) is 14.5 Å². The Hall–Kier alpha value is -2.63. The number of hydrogen-bond donors (Lipinski definition) is 1. The van der Waals surface area contributed by atoms with Crippen LogP contribution in [0.15, 0.2) is 36.4 Å². The van der Waals surface area contributed by atoms with E-state index >= 15 is 0 Å². The molecule has 0 aliphatic heterocycles. The van der Waals surface area contributed by atoms with Crippen molar-refractivity contribution in [1.29, 1.82) is 0 Å². The average molecular weight is 240 g/mol. The van der Waals surface area contributed by atoms with E-state index in [1.807, 2.05) is 0 Å². The minimum Gasteiger partial charge on any atom is -0.244 e. The minimum atomic E-state index is -0.328. The van der Waals surface area contributed by atoms with Gasteiger partial charge in [0.25, 0.3) is 0 Å². The predicted octanol–water partition coefficient (Wildman–Crippen LogP) is 1.87. The van der Waals surface area contributed by atoms with E-state index in [0.29, 0.717) is 22.8 Å². The summed E-state index contributed by atoms with van der Waals surface area (Å²) in [5.41, 5.74) is 1.42. The van der Waals surface area contributed by atoms with E-state index in [1.54, 1.807) is 30.3 Å². The number of rotatable bonds is 2. The maximum absolute atomic E-state index is 13.6. The molecule has 0 aliphatic rings. The van der Waals surface area contributed by atoms with Crippen LogP contribution >= 0.6 is 0 Å². The summed E-state index contributed by atoms with van der Waals surface area (Å²) in [5, 5.41) is 13.3. The van der Waals surface area contributed by atoms with Crippen LogP contribution in [0.2, 0.25) is 0 Å². The van der Waals surface area contributed by atoms with Gasteiger partial charge < -0.3 is 0 Å². The van der Waals surface area contributed by atoms with E-state index in [1.165, 1.54) is 6.07 Å². The van der Waals surface area contributed by atoms with Gasteiger partial charge in [-0.15, -0.1) is 5.10 Å². The fourth-order valence-electron chi connectivity index (χ4n) is 1.59. The highest BCUT2D eigenvalue weighted by molar-refractivity contribution is 5.63. The van der Waals surface area contributed by atoms with Gasteiger partial charge in [0.1, 0.15) is 11.5 Å². The zero-order valence-corrected chi connectivity index (χ0v) is 9.13. The number of benzene rings is 1. The second-order valence-corrected chi connectivity index (χ2v) is 3.57. The van der Waals surface area contributed by atoms with Crippen molar-refractivity contribution in [2.75, 3.05) is 0 Å². The van der Waals surface area contributed by atoms with Crippen LogP contribution in [0.5, 0.6) is 0 Å². The normalized spacial score (nSPS) is 10.5. The topological polar surface area (TPSA) is 67.3 Å². The molecule has 0 aliphatic carbocycles. The quantitative estimate of drug-likeness (QED) is 0.742. The SMILES string of the molecule is Fc1ccccc1-c1c[c]cc(-c2nnn[nH]2)n1. The Labute approximate surface area is 102 Å². The van der Waals surface area contributed by atoms with Crippen LogP contribution in [0.4, 0.5) is 4.39 Å². The summed E-state index contributed by atoms with van der Waals surface area (Å²) in [4.78, 5) is 4.30. The van der Waals surface area contributed by atoms with E-state index in [2.05, 4.69) is 31.7 Å². The molecule has 18 heavy (non-hydrogen) atoms. The number of hydrogen-bond acceptors (Lipinski definition) is 4. The van der Waals surface area contributed by atoms with Crippen molar-refractivity contribution in [2.45, 2.75) is 0 Å². The fourth-order valence-corrected chi connectivity index (χ4v) is 1.59. The van der Waals surface area contributed by atoms with E-state index < -0.39 is 0 Å². The second-order valence-electron chi connectivity index (χ2n) is 3.57. The first-order valence-corrected chi connectivity index (χ1v) is 5.22. The Balaban J connectivity index is 2.10. The smallest absolute Gasteiger partial charge is 0.198 e. The first-order chi connectivity index (χ1) is 8.84. The van der Waals surface area contributed by atoms with Crippen molar-refractivity contribution in [2.24, 2.45) is 0 Å². The number of tetrazole rings is 1. The summed E-state index contributed by atoms with van der Waals surface area (Å²) >= 11 is 0. The molecule has 0 amide bonds. The molecular weight excluding hydrogens is 233 g/mol. The lowest BCUT2D eigenvalue weighted by Gasteiger charge is -2.03. The first kappa shape index (κ1) is 10.5. The Bertz CT molecular complexity index is 666. The van der Waals surface area contributed by atoms with Gasteiger partial charge in [-0.2, -0.15) is 0 Å². The highest BCUT2D eigenvalue weighted by Gasteiger charge is 2.08. The van der Waals surface area contributed by atoms with E-state index in [9.17, 15) is 4.39 Å². The standard InChI is InChI=1S/C12H7FN5/c13-9-5-2-1-4-8(9)10-6-3-7-11(14-10)12-15-17-18-16-12/h1-2,4-7H,(H,15,16,17,18). The Morgan fingerprint density at radius 2 is 1.94 bits per heavy atom. The Kier molecular flexibility index (Phi) is 2.53. The highest BCUT2D eigenvalue weighted by Crippen LogP contribution is 2.22. The maximum atomic E-state index is 13.6. The number of nitrogens with zero attached hydrogens (tertiary/aromatic N) is 4. The molecule has 1 aromatic carbocycles. The lowest BCUT2D eigenvalue weighted by atomic mass is 10.1. The van der Waals surface area contributed by atoms with Crippen molar-refractivity contribution >= 4 is 0 Å². The molecule has 1 N–H and O–H groups in total. The molecule has 6 heteroatoms. The van der Waals surface area contributed by atoms with Crippen molar-refractivity contribution in [3.63, 3.8) is 0 Å². The molecule has 0 fully saturated rings. The van der Waals surface area contributed by atoms with Gasteiger partial charge in [-0.1, -0.05) is 12.1 Å². The lowest BCUT2D eigenvalue weighted by Crippen LogP contribution is -1.91. The average Bonchev–Trinajstić information content (AvgIpc) is 2.93. The van der Waals surface area contributed by atoms with E-state index in [0.717, 1.165) is 0 Å². The first-order valence-electron chi connectivity index (χ1n) is 5.22. The van der Waals surface area contributed by atoms with Gasteiger partial charge in [0, 0.05) is 5.56 Å². The van der Waals surface area contributed by atoms with Gasteiger partial charge >= 0.3 is 0 Å². The van der Waals surface area contributed by atoms with Gasteiger partial charge in [0.05, 0.1) is 5.69 Å². The minimum absolute atomic E-state index is 0.328. The molecule has 1 radical (unpaired) electrons. The molecule has 3 aromatic rings. The Morgan fingerprint density at radius 1 is 1.11 bits per heavy atom. The third-order valence-electron chi connectivity index (χ3n) is 2.42. The van der Waals surface area contributed by atoms with Crippen molar-refractivity contribution in [3.05, 3.63) is 48.3 Å². The summed E-state index contributed by atoms with van der Waals surface area (Å²) in [5.74, 6) is 0.0932. The zero-order valence-electron chi connectivity index (χ0n) is 9.13. The van der Waals surface area contributed by atoms with E-state index in [4.69, 9.17) is 0 Å². The van der Waals surface area contributed by atoms with Gasteiger partial charge in [0.15, 0.2) is 5.82 Å². The molecule has 0 saturated heterocycles. The van der Waals surface area contributed by atoms with Crippen LogP contribution in [0.3, 0.4) is 0 Å². The largest absolute Gasteiger partial charge is 0.244 e. The molecular formula is C12H7FN5. The molecule has 0 saturated carbocycles. The summed E-state index contributed by atoms with van der Waals surface area (Å²) in [6.45, 7) is 0. The summed E-state index contributed by atoms with van der Waals surface area (Å²) in [7, 11) is 0. The number of aromatic nitrogens is 5. The molecule has 5 nitrogen and oxygen atoms in total. The van der Waals surface area contributed by atoms with Crippen molar-refractivity contribution in [3.8, 4) is 22.8 Å². The van der Waals surface area contributed by atoms with Crippen LogP contribution in [0.25, 0.3) is 22.8 Å². The molecule has 2 heterocycles. The summed E-state index contributed by atoms with van der Waals surface area (Å²) < 4.78 is 13.6. The number of pyridine rings is 1. The number of nitrogens with one attached hydrogen (secondary N) is 1. The van der Waals surface area contributed by atoms with Crippen LogP contribution in [-0.2, 0) is 0 Å². The third kappa shape index (κ3) is 1.84. The number of H-pyrrole nitrogens is 1. The van der Waals surface area contributed by atoms with Crippen LogP contribution in [-0.4, -0.2) is 25.6 Å². The summed E-state index contributed by atoms with van der Waals surface area (Å²) in [6.07, 6.45) is 0. The van der Waals surface area contributed by atoms with Crippen molar-refractivity contribution < 1.29 is 4.39 Å². The third-order valence-corrected chi connectivity index (χ3v) is 2.42. The van der Waals surface area contributed by atoms with Crippen molar-refractivity contribution in [1.82, 2.24) is 25.6 Å². The molecule has 2 aromatic heterocycles. The molecule has 0 bridgehead atoms. The highest BCUT2D eigenvalue weighted by atomic mass is 19.1. The van der Waals surface area contributed by atoms with Crippen LogP contribution in [0.1, 0.15) is 0 Å². The fraction of sp³-hybridized carbons (Fsp3) is 0. The monoisotopic (exact) mass is 240 g/mol. The van der Waals surface area contributed by atoms with Gasteiger partial charge in [0.2, 0.25) is 0 Å². The Morgan fingerprint density at radius 3 is 2.72 bits per heavy atom. The molecule has 87 valence electrons. The molecule has 0 unspecified atom stereocenters. The second kappa shape index (κ2) is 4.33. The summed E-state index contributed by atoms with van der Waals surface area (Å²) in [6, 6.07) is 12.6. The number of aromatic amines is 1. The molecule has 0 atom stereocenters. The molecule has 3 rings (SSSR count). The molecule has 0 spiro atoms.